The Morgan fingerprint density at radius 2 is 0.569 bits per heavy atom. The highest BCUT2D eigenvalue weighted by Gasteiger charge is 2.03. The van der Waals surface area contributed by atoms with E-state index in [1.165, 1.54) is 257 Å². The van der Waals surface area contributed by atoms with Crippen LogP contribution < -0.4 is 0 Å². The van der Waals surface area contributed by atoms with Crippen LogP contribution in [0.25, 0.3) is 0 Å². The highest BCUT2D eigenvalue weighted by Crippen LogP contribution is 2.18. The van der Waals surface area contributed by atoms with E-state index in [2.05, 4.69) is 20.8 Å². The summed E-state index contributed by atoms with van der Waals surface area (Å²) in [6.07, 6.45) is 59.5. The number of hydrogen-bond donors (Lipinski definition) is 0. The maximum atomic E-state index is 12.0. The smallest absolute Gasteiger partial charge is 0.305 e. The Morgan fingerprint density at radius 1 is 0.333 bits per heavy atom. The summed E-state index contributed by atoms with van der Waals surface area (Å²) in [6.45, 7) is 7.61. The fourth-order valence-corrected chi connectivity index (χ4v) is 7.80. The van der Waals surface area contributed by atoms with Crippen molar-refractivity contribution in [2.24, 2.45) is 5.92 Å². The molecule has 0 aromatic rings. The summed E-state index contributed by atoms with van der Waals surface area (Å²) in [6, 6.07) is 0. The van der Waals surface area contributed by atoms with Crippen LogP contribution >= 0.6 is 0 Å². The predicted molar refractivity (Wildman–Crippen MR) is 230 cm³/mol. The van der Waals surface area contributed by atoms with E-state index < -0.39 is 0 Å². The molecule has 0 amide bonds. The fraction of sp³-hybridized carbons (Fsp3) is 0.980. The van der Waals surface area contributed by atoms with Gasteiger partial charge in [-0.25, -0.2) is 0 Å². The molecule has 0 aromatic carbocycles. The minimum atomic E-state index is 0.0322. The maximum Gasteiger partial charge on any atom is 0.305 e. The van der Waals surface area contributed by atoms with Gasteiger partial charge in [0.1, 0.15) is 0 Å². The Hall–Kier alpha value is -0.530. The van der Waals surface area contributed by atoms with Gasteiger partial charge in [-0.2, -0.15) is 0 Å². The van der Waals surface area contributed by atoms with Crippen molar-refractivity contribution < 1.29 is 9.53 Å². The van der Waals surface area contributed by atoms with Gasteiger partial charge in [-0.1, -0.05) is 278 Å². The molecule has 0 radical (unpaired) electrons. The molecule has 0 atom stereocenters. The molecule has 0 spiro atoms. The maximum absolute atomic E-state index is 12.0. The summed E-state index contributed by atoms with van der Waals surface area (Å²) >= 11 is 0. The molecule has 2 heteroatoms. The van der Waals surface area contributed by atoms with Crippen molar-refractivity contribution in [3.05, 3.63) is 0 Å². The van der Waals surface area contributed by atoms with Crippen molar-refractivity contribution in [3.8, 4) is 0 Å². The van der Waals surface area contributed by atoms with E-state index in [9.17, 15) is 4.79 Å². The van der Waals surface area contributed by atoms with Gasteiger partial charge >= 0.3 is 5.97 Å². The van der Waals surface area contributed by atoms with Gasteiger partial charge < -0.3 is 4.74 Å². The molecule has 306 valence electrons. The molecule has 0 bridgehead atoms. The second-order valence-corrected chi connectivity index (χ2v) is 17.3. The predicted octanol–water partition coefficient (Wildman–Crippen LogP) is 18.0. The van der Waals surface area contributed by atoms with Gasteiger partial charge in [-0.05, 0) is 18.8 Å². The molecular formula is C49H98O2. The molecular weight excluding hydrogens is 621 g/mol. The third-order valence-corrected chi connectivity index (χ3v) is 11.4. The summed E-state index contributed by atoms with van der Waals surface area (Å²) in [5.41, 5.74) is 0. The Balaban J connectivity index is 3.14. The molecule has 0 aliphatic rings. The lowest BCUT2D eigenvalue weighted by Gasteiger charge is -2.06. The van der Waals surface area contributed by atoms with Crippen LogP contribution in [0.2, 0.25) is 0 Å². The second-order valence-electron chi connectivity index (χ2n) is 17.3. The van der Waals surface area contributed by atoms with Crippen molar-refractivity contribution in [1.29, 1.82) is 0 Å². The summed E-state index contributed by atoms with van der Waals surface area (Å²) in [5.74, 6) is 0.905. The van der Waals surface area contributed by atoms with Crippen LogP contribution in [0.3, 0.4) is 0 Å². The van der Waals surface area contributed by atoms with Crippen LogP contribution in [0.5, 0.6) is 0 Å². The van der Waals surface area contributed by atoms with Gasteiger partial charge in [0.25, 0.3) is 0 Å². The van der Waals surface area contributed by atoms with E-state index in [-0.39, 0.29) is 5.97 Å². The molecule has 0 unspecified atom stereocenters. The average Bonchev–Trinajstić information content (AvgIpc) is 3.12. The molecule has 0 heterocycles. The summed E-state index contributed by atoms with van der Waals surface area (Å²) in [4.78, 5) is 12.0. The fourth-order valence-electron chi connectivity index (χ4n) is 7.80. The molecule has 2 nitrogen and oxygen atoms in total. The van der Waals surface area contributed by atoms with Gasteiger partial charge in [-0.3, -0.25) is 4.79 Å². The molecule has 0 rings (SSSR count). The van der Waals surface area contributed by atoms with Crippen LogP contribution in [0, 0.1) is 5.92 Å². The highest BCUT2D eigenvalue weighted by atomic mass is 16.5. The van der Waals surface area contributed by atoms with Crippen molar-refractivity contribution >= 4 is 5.97 Å². The zero-order chi connectivity index (χ0) is 37.0. The lowest BCUT2D eigenvalue weighted by molar-refractivity contribution is -0.143. The van der Waals surface area contributed by atoms with E-state index in [4.69, 9.17) is 4.74 Å². The van der Waals surface area contributed by atoms with E-state index in [1.807, 2.05) is 0 Å². The van der Waals surface area contributed by atoms with Gasteiger partial charge in [0, 0.05) is 6.42 Å². The third-order valence-electron chi connectivity index (χ3n) is 11.4. The van der Waals surface area contributed by atoms with Gasteiger partial charge in [-0.15, -0.1) is 0 Å². The van der Waals surface area contributed by atoms with Crippen molar-refractivity contribution in [2.75, 3.05) is 6.61 Å². The van der Waals surface area contributed by atoms with Crippen molar-refractivity contribution in [1.82, 2.24) is 0 Å². The number of ether oxygens (including phenoxy) is 1. The molecule has 51 heavy (non-hydrogen) atoms. The van der Waals surface area contributed by atoms with E-state index in [0.29, 0.717) is 13.0 Å². The molecule has 0 aromatic heterocycles. The molecule has 0 saturated heterocycles. The zero-order valence-corrected chi connectivity index (χ0v) is 36.0. The summed E-state index contributed by atoms with van der Waals surface area (Å²) < 4.78 is 5.48. The van der Waals surface area contributed by atoms with Gasteiger partial charge in [0.2, 0.25) is 0 Å². The number of hydrogen-bond acceptors (Lipinski definition) is 2. The molecule has 0 aliphatic heterocycles. The Bertz CT molecular complexity index is 628. The first-order valence-corrected chi connectivity index (χ1v) is 24.3. The first-order chi connectivity index (χ1) is 25.2. The van der Waals surface area contributed by atoms with Crippen molar-refractivity contribution in [3.63, 3.8) is 0 Å². The Kier molecular flexibility index (Phi) is 45.2. The van der Waals surface area contributed by atoms with E-state index in [1.54, 1.807) is 0 Å². The minimum absolute atomic E-state index is 0.0322. The van der Waals surface area contributed by atoms with Crippen LogP contribution in [0.1, 0.15) is 297 Å². The number of carbonyl (C=O) groups is 1. The van der Waals surface area contributed by atoms with Gasteiger partial charge in [0.05, 0.1) is 6.61 Å². The molecule has 0 saturated carbocycles. The van der Waals surface area contributed by atoms with Crippen LogP contribution in [-0.2, 0) is 9.53 Å². The van der Waals surface area contributed by atoms with E-state index in [0.717, 1.165) is 18.8 Å². The topological polar surface area (TPSA) is 26.3 Å². The van der Waals surface area contributed by atoms with E-state index >= 15 is 0 Å². The second kappa shape index (κ2) is 45.6. The SMILES string of the molecule is CCCCCCCCCCCCCCCCCCCCCCCCCCCCCCC(=O)OCCCCCCCCCCCCCCCC(C)C. The number of unbranched alkanes of at least 4 members (excludes halogenated alkanes) is 39. The first kappa shape index (κ1) is 50.5. The van der Waals surface area contributed by atoms with Gasteiger partial charge in [0.15, 0.2) is 0 Å². The zero-order valence-electron chi connectivity index (χ0n) is 36.0. The highest BCUT2D eigenvalue weighted by molar-refractivity contribution is 5.69. The minimum Gasteiger partial charge on any atom is -0.466 e. The summed E-state index contributed by atoms with van der Waals surface area (Å²) in [7, 11) is 0. The van der Waals surface area contributed by atoms with Crippen LogP contribution in [-0.4, -0.2) is 12.6 Å². The monoisotopic (exact) mass is 719 g/mol. The van der Waals surface area contributed by atoms with Crippen LogP contribution in [0.4, 0.5) is 0 Å². The quantitative estimate of drug-likeness (QED) is 0.0463. The third kappa shape index (κ3) is 47.4. The lowest BCUT2D eigenvalue weighted by Crippen LogP contribution is -2.05. The molecule has 0 fully saturated rings. The average molecular weight is 719 g/mol. The molecule has 0 N–H and O–H groups in total. The molecule has 0 aliphatic carbocycles. The van der Waals surface area contributed by atoms with Crippen LogP contribution in [0.15, 0.2) is 0 Å². The van der Waals surface area contributed by atoms with Crippen molar-refractivity contribution in [2.45, 2.75) is 297 Å². The standard InChI is InChI=1S/C49H98O2/c1-4-5-6-7-8-9-10-11-12-13-14-15-16-17-18-19-20-21-22-23-24-25-28-31-34-37-40-43-46-49(50)51-47-44-41-38-35-32-29-26-27-30-33-36-39-42-45-48(2)3/h48H,4-47H2,1-3H3. The Labute approximate surface area is 324 Å². The number of esters is 1. The number of rotatable bonds is 45. The number of carbonyl (C=O) groups excluding carboxylic acids is 1. The Morgan fingerprint density at radius 3 is 0.843 bits per heavy atom. The first-order valence-electron chi connectivity index (χ1n) is 24.3. The summed E-state index contributed by atoms with van der Waals surface area (Å²) in [5, 5.41) is 0. The normalized spacial score (nSPS) is 11.6. The lowest BCUT2D eigenvalue weighted by atomic mass is 10.0. The largest absolute Gasteiger partial charge is 0.466 e.